The van der Waals surface area contributed by atoms with Crippen LogP contribution in [0.3, 0.4) is 0 Å². The van der Waals surface area contributed by atoms with Crippen LogP contribution in [-0.2, 0) is 10.8 Å². The molecule has 0 spiro atoms. The molecular formula is C52H62BN3Si2. The maximum Gasteiger partial charge on any atom is 0.252 e. The quantitative estimate of drug-likeness (QED) is 0.165. The second-order valence-corrected chi connectivity index (χ2v) is 32.2. The van der Waals surface area contributed by atoms with E-state index < -0.39 is 16.1 Å². The van der Waals surface area contributed by atoms with Gasteiger partial charge in [-0.3, -0.25) is 0 Å². The first-order valence-electron chi connectivity index (χ1n) is 22.6. The molecule has 0 bridgehead atoms. The number of para-hydroxylation sites is 2. The molecule has 6 aliphatic rings. The molecule has 2 aliphatic carbocycles. The van der Waals surface area contributed by atoms with Gasteiger partial charge < -0.3 is 14.7 Å². The van der Waals surface area contributed by atoms with Gasteiger partial charge in [0.05, 0.1) is 27.2 Å². The molecule has 4 atom stereocenters. The Labute approximate surface area is 351 Å². The van der Waals surface area contributed by atoms with Crippen molar-refractivity contribution in [1.82, 2.24) is 0 Å². The maximum absolute atomic E-state index is 2.95. The van der Waals surface area contributed by atoms with E-state index in [-0.39, 0.29) is 28.6 Å². The molecule has 0 radical (unpaired) electrons. The molecule has 0 N–H and O–H groups in total. The van der Waals surface area contributed by atoms with Crippen LogP contribution in [-0.4, -0.2) is 33.9 Å². The maximum atomic E-state index is 2.95. The number of hydrogen-bond donors (Lipinski definition) is 0. The predicted octanol–water partition coefficient (Wildman–Crippen LogP) is 10.9. The molecule has 3 nitrogen and oxygen atoms in total. The standard InChI is InChI=1S/C52H62BN3Si2/c1-49-26-16-18-28-51(49,3)55(43-25-24-37(32-39(43)49)57(5,6)7)36-30-45-47-46(31-36)56-48-40(50(2)27-17-19-29-52(50,56)4)33-38(58(8,9)10)34-42(48)53(47)41-22-14-15-23-44(41)54(45)35-20-12-11-13-21-35/h11-15,20-25,30-34H,16-19,26-29H2,1-10H3. The van der Waals surface area contributed by atoms with E-state index in [1.54, 1.807) is 27.0 Å². The fourth-order valence-corrected chi connectivity index (χ4v) is 15.6. The summed E-state index contributed by atoms with van der Waals surface area (Å²) in [6.45, 7) is 25.9. The third-order valence-electron chi connectivity index (χ3n) is 17.0. The summed E-state index contributed by atoms with van der Waals surface area (Å²) in [6, 6.07) is 39.1. The number of hydrogen-bond acceptors (Lipinski definition) is 3. The summed E-state index contributed by atoms with van der Waals surface area (Å²) in [4.78, 5) is 8.46. The first-order chi connectivity index (χ1) is 27.5. The summed E-state index contributed by atoms with van der Waals surface area (Å²) in [5, 5.41) is 3.19. The number of rotatable bonds is 4. The molecule has 296 valence electrons. The minimum atomic E-state index is -1.66. The lowest BCUT2D eigenvalue weighted by molar-refractivity contribution is 0.194. The summed E-state index contributed by atoms with van der Waals surface area (Å²) in [7, 11) is -3.19. The predicted molar refractivity (Wildman–Crippen MR) is 257 cm³/mol. The zero-order chi connectivity index (χ0) is 40.4. The van der Waals surface area contributed by atoms with Gasteiger partial charge in [-0.05, 0) is 103 Å². The van der Waals surface area contributed by atoms with Crippen LogP contribution in [0.2, 0.25) is 39.3 Å². The average Bonchev–Trinajstić information content (AvgIpc) is 3.54. The lowest BCUT2D eigenvalue weighted by Gasteiger charge is -2.53. The number of benzene rings is 5. The summed E-state index contributed by atoms with van der Waals surface area (Å²) in [6.07, 6.45) is 10.1. The molecule has 11 rings (SSSR count). The van der Waals surface area contributed by atoms with Crippen molar-refractivity contribution in [3.63, 3.8) is 0 Å². The van der Waals surface area contributed by atoms with Crippen molar-refractivity contribution in [3.8, 4) is 0 Å². The third kappa shape index (κ3) is 4.57. The van der Waals surface area contributed by atoms with Crippen molar-refractivity contribution in [2.75, 3.05) is 14.7 Å². The molecule has 58 heavy (non-hydrogen) atoms. The van der Waals surface area contributed by atoms with Crippen LogP contribution in [0.15, 0.2) is 97.1 Å². The highest BCUT2D eigenvalue weighted by Crippen LogP contribution is 2.64. The second-order valence-electron chi connectivity index (χ2n) is 22.1. The van der Waals surface area contributed by atoms with E-state index >= 15 is 0 Å². The van der Waals surface area contributed by atoms with E-state index in [1.165, 1.54) is 102 Å². The van der Waals surface area contributed by atoms with Crippen LogP contribution in [0, 0.1) is 0 Å². The van der Waals surface area contributed by atoms with Gasteiger partial charge in [0, 0.05) is 50.6 Å². The highest BCUT2D eigenvalue weighted by molar-refractivity contribution is 7.01. The first-order valence-corrected chi connectivity index (χ1v) is 29.6. The fraction of sp³-hybridized carbons (Fsp3) is 0.423. The van der Waals surface area contributed by atoms with Crippen LogP contribution in [0.1, 0.15) is 90.2 Å². The van der Waals surface area contributed by atoms with Gasteiger partial charge in [-0.2, -0.15) is 0 Å². The van der Waals surface area contributed by atoms with Crippen molar-refractivity contribution in [1.29, 1.82) is 0 Å². The molecule has 2 fully saturated rings. The van der Waals surface area contributed by atoms with E-state index in [1.807, 2.05) is 0 Å². The van der Waals surface area contributed by atoms with E-state index in [2.05, 4.69) is 179 Å². The van der Waals surface area contributed by atoms with Crippen molar-refractivity contribution in [2.45, 2.75) is 140 Å². The number of fused-ring (bicyclic) bond motifs is 10. The molecule has 0 aromatic heterocycles. The van der Waals surface area contributed by atoms with E-state index in [0.717, 1.165) is 0 Å². The molecule has 4 unspecified atom stereocenters. The Morgan fingerprint density at radius 1 is 0.483 bits per heavy atom. The van der Waals surface area contributed by atoms with Gasteiger partial charge in [-0.15, -0.1) is 0 Å². The lowest BCUT2D eigenvalue weighted by Crippen LogP contribution is -2.65. The average molecular weight is 796 g/mol. The fourth-order valence-electron chi connectivity index (χ4n) is 13.3. The van der Waals surface area contributed by atoms with Crippen molar-refractivity contribution in [2.24, 2.45) is 0 Å². The minimum Gasteiger partial charge on any atom is -0.335 e. The lowest BCUT2D eigenvalue weighted by atomic mass is 9.33. The van der Waals surface area contributed by atoms with Gasteiger partial charge in [0.25, 0.3) is 6.71 Å². The molecule has 6 heteroatoms. The van der Waals surface area contributed by atoms with Gasteiger partial charge in [0.15, 0.2) is 0 Å². The zero-order valence-electron chi connectivity index (χ0n) is 36.8. The topological polar surface area (TPSA) is 9.72 Å². The first kappa shape index (κ1) is 37.0. The molecule has 0 amide bonds. The smallest absolute Gasteiger partial charge is 0.252 e. The highest BCUT2D eigenvalue weighted by Gasteiger charge is 2.63. The molecule has 5 aromatic carbocycles. The van der Waals surface area contributed by atoms with Gasteiger partial charge in [-0.1, -0.05) is 150 Å². The highest BCUT2D eigenvalue weighted by atomic mass is 28.3. The molecule has 4 heterocycles. The molecule has 2 saturated carbocycles. The van der Waals surface area contributed by atoms with Crippen LogP contribution in [0.4, 0.5) is 39.8 Å². The Balaban J connectivity index is 1.26. The van der Waals surface area contributed by atoms with Gasteiger partial charge in [0.2, 0.25) is 0 Å². The van der Waals surface area contributed by atoms with Crippen LogP contribution < -0.4 is 41.5 Å². The Hall–Kier alpha value is -4.00. The molecule has 0 saturated heterocycles. The number of nitrogens with zero attached hydrogens (tertiary/aromatic N) is 3. The summed E-state index contributed by atoms with van der Waals surface area (Å²) in [5.41, 5.74) is 17.5. The Morgan fingerprint density at radius 2 is 1.07 bits per heavy atom. The van der Waals surface area contributed by atoms with Crippen molar-refractivity contribution < 1.29 is 0 Å². The summed E-state index contributed by atoms with van der Waals surface area (Å²) in [5.74, 6) is 0. The van der Waals surface area contributed by atoms with E-state index in [0.29, 0.717) is 0 Å². The Bertz CT molecular complexity index is 2550. The largest absolute Gasteiger partial charge is 0.335 e. The summed E-state index contributed by atoms with van der Waals surface area (Å²) < 4.78 is 0. The van der Waals surface area contributed by atoms with Crippen LogP contribution in [0.25, 0.3) is 0 Å². The number of anilines is 7. The second kappa shape index (κ2) is 11.8. The van der Waals surface area contributed by atoms with Gasteiger partial charge in [0.1, 0.15) is 0 Å². The van der Waals surface area contributed by atoms with Crippen LogP contribution >= 0.6 is 0 Å². The summed E-state index contributed by atoms with van der Waals surface area (Å²) >= 11 is 0. The van der Waals surface area contributed by atoms with Gasteiger partial charge >= 0.3 is 0 Å². The molecular weight excluding hydrogens is 734 g/mol. The monoisotopic (exact) mass is 795 g/mol. The SMILES string of the molecule is CC12CCCCC1(C)N(c1cc3c4c(c1)N1c5c(cc([Si](C)(C)C)cc5C5(C)CCCCC15C)B4c1ccccc1N3c1ccccc1)c1ccc([Si](C)(C)C)cc12. The normalized spacial score (nSPS) is 27.8. The Morgan fingerprint density at radius 3 is 1.76 bits per heavy atom. The third-order valence-corrected chi connectivity index (χ3v) is 21.1. The van der Waals surface area contributed by atoms with E-state index in [9.17, 15) is 0 Å². The van der Waals surface area contributed by atoms with Gasteiger partial charge in [-0.25, -0.2) is 0 Å². The zero-order valence-corrected chi connectivity index (χ0v) is 38.8. The van der Waals surface area contributed by atoms with Crippen molar-refractivity contribution >= 4 is 89.4 Å². The van der Waals surface area contributed by atoms with E-state index in [4.69, 9.17) is 0 Å². The Kier molecular flexibility index (Phi) is 7.56. The van der Waals surface area contributed by atoms with Crippen LogP contribution in [0.5, 0.6) is 0 Å². The minimum absolute atomic E-state index is 0.0231. The van der Waals surface area contributed by atoms with Crippen molar-refractivity contribution in [3.05, 3.63) is 108 Å². The molecule has 4 aliphatic heterocycles. The molecule has 5 aromatic rings.